The van der Waals surface area contributed by atoms with Gasteiger partial charge >= 0.3 is 0 Å². The first-order valence-corrected chi connectivity index (χ1v) is 6.03. The van der Waals surface area contributed by atoms with Crippen molar-refractivity contribution < 1.29 is 24.5 Å². The highest BCUT2D eigenvalue weighted by atomic mass is 16.5. The normalized spacial score (nSPS) is 14.2. The van der Waals surface area contributed by atoms with E-state index in [4.69, 9.17) is 4.74 Å². The average molecular weight is 244 g/mol. The Morgan fingerprint density at radius 1 is 1.12 bits per heavy atom. The lowest BCUT2D eigenvalue weighted by Gasteiger charge is -2.35. The van der Waals surface area contributed by atoms with Crippen LogP contribution in [0.25, 0.3) is 0 Å². The molecule has 100 valence electrons. The second-order valence-electron chi connectivity index (χ2n) is 4.14. The van der Waals surface area contributed by atoms with Gasteiger partial charge in [-0.05, 0) is 12.8 Å². The predicted octanol–water partition coefficient (Wildman–Crippen LogP) is -0.378. The highest BCUT2D eigenvalue weighted by molar-refractivity contribution is 5.81. The monoisotopic (exact) mass is 244 g/mol. The van der Waals surface area contributed by atoms with Crippen LogP contribution in [0.3, 0.4) is 0 Å². The molecule has 0 aromatic carbocycles. The molecule has 0 amide bonds. The van der Waals surface area contributed by atoms with Crippen molar-refractivity contribution in [3.05, 3.63) is 0 Å². The molecule has 0 spiro atoms. The van der Waals surface area contributed by atoms with Gasteiger partial charge < -0.3 is 24.5 Å². The lowest BCUT2D eigenvalue weighted by molar-refractivity contribution is -0.337. The fourth-order valence-electron chi connectivity index (χ4n) is 1.55. The quantitative estimate of drug-likeness (QED) is 0.489. The maximum Gasteiger partial charge on any atom is 0.113 e. The van der Waals surface area contributed by atoms with Crippen molar-refractivity contribution in [3.63, 3.8) is 0 Å². The molecular weight excluding hydrogens is 224 g/mol. The Balaban J connectivity index is 4.68. The van der Waals surface area contributed by atoms with Gasteiger partial charge in [-0.1, -0.05) is 33.1 Å². The van der Waals surface area contributed by atoms with Gasteiger partial charge in [-0.3, -0.25) is 0 Å². The van der Waals surface area contributed by atoms with Gasteiger partial charge in [-0.25, -0.2) is 0 Å². The number of hydrogen-bond donors (Lipinski definition) is 0. The van der Waals surface area contributed by atoms with Crippen molar-refractivity contribution >= 4 is 11.9 Å². The van der Waals surface area contributed by atoms with Gasteiger partial charge in [0.15, 0.2) is 0 Å². The fraction of sp³-hybridized carbons (Fsp3) is 0.833. The van der Waals surface area contributed by atoms with E-state index in [0.29, 0.717) is 12.8 Å². The largest absolute Gasteiger partial charge is 0.550 e. The number of carbonyl (C=O) groups excluding carboxylic acids is 2. The zero-order chi connectivity index (χ0) is 13.3. The van der Waals surface area contributed by atoms with Gasteiger partial charge in [0, 0.05) is 19.0 Å². The molecule has 0 saturated carbocycles. The summed E-state index contributed by atoms with van der Waals surface area (Å²) in [4.78, 5) is 21.8. The molecule has 0 rings (SSSR count). The summed E-state index contributed by atoms with van der Waals surface area (Å²) in [6.45, 7) is 4.06. The van der Waals surface area contributed by atoms with Crippen LogP contribution >= 0.6 is 0 Å². The van der Waals surface area contributed by atoms with Gasteiger partial charge in [-0.2, -0.15) is 0 Å². The Kier molecular flexibility index (Phi) is 7.54. The van der Waals surface area contributed by atoms with E-state index in [-0.39, 0.29) is 13.0 Å². The van der Waals surface area contributed by atoms with Crippen LogP contribution in [-0.4, -0.2) is 24.1 Å². The van der Waals surface area contributed by atoms with Crippen LogP contribution in [0.5, 0.6) is 0 Å². The van der Waals surface area contributed by atoms with Crippen LogP contribution in [0.15, 0.2) is 0 Å². The Bertz CT molecular complexity index is 251. The van der Waals surface area contributed by atoms with Gasteiger partial charge in [0.25, 0.3) is 0 Å². The van der Waals surface area contributed by atoms with Crippen LogP contribution in [0, 0.1) is 0 Å². The van der Waals surface area contributed by atoms with E-state index in [9.17, 15) is 19.8 Å². The average Bonchev–Trinajstić information content (AvgIpc) is 2.25. The zero-order valence-electron chi connectivity index (χ0n) is 10.5. The van der Waals surface area contributed by atoms with E-state index in [0.717, 1.165) is 12.8 Å². The second kappa shape index (κ2) is 8.06. The van der Waals surface area contributed by atoms with Crippen molar-refractivity contribution in [3.8, 4) is 0 Å². The van der Waals surface area contributed by atoms with Crippen molar-refractivity contribution in [2.24, 2.45) is 0 Å². The summed E-state index contributed by atoms with van der Waals surface area (Å²) >= 11 is 0. The first kappa shape index (κ1) is 15.9. The smallest absolute Gasteiger partial charge is 0.113 e. The van der Waals surface area contributed by atoms with Crippen LogP contribution in [0.2, 0.25) is 0 Å². The van der Waals surface area contributed by atoms with Gasteiger partial charge in [-0.15, -0.1) is 0 Å². The Hall–Kier alpha value is -1.10. The number of carbonyl (C=O) groups is 2. The molecule has 0 N–H and O–H groups in total. The molecule has 0 aromatic rings. The Morgan fingerprint density at radius 2 is 1.71 bits per heavy atom. The molecule has 0 aliphatic rings. The van der Waals surface area contributed by atoms with Crippen molar-refractivity contribution in [2.75, 3.05) is 6.61 Å². The molecule has 0 radical (unpaired) electrons. The molecule has 0 fully saturated rings. The predicted molar refractivity (Wildman–Crippen MR) is 57.7 cm³/mol. The highest BCUT2D eigenvalue weighted by Gasteiger charge is 2.32. The zero-order valence-corrected chi connectivity index (χ0v) is 10.5. The van der Waals surface area contributed by atoms with Gasteiger partial charge in [0.1, 0.15) is 5.60 Å². The number of ether oxygens (including phenoxy) is 1. The summed E-state index contributed by atoms with van der Waals surface area (Å²) in [6.07, 6.45) is 2.37. The number of hydrogen-bond acceptors (Lipinski definition) is 5. The molecule has 0 aromatic heterocycles. The lowest BCUT2D eigenvalue weighted by Crippen LogP contribution is -2.53. The van der Waals surface area contributed by atoms with E-state index in [1.807, 2.05) is 13.8 Å². The molecule has 0 aliphatic carbocycles. The number of unbranched alkanes of at least 4 members (excludes halogenated alkanes) is 2. The summed E-state index contributed by atoms with van der Waals surface area (Å²) in [5, 5.41) is 21.8. The molecule has 0 aliphatic heterocycles. The minimum Gasteiger partial charge on any atom is -0.550 e. The first-order valence-electron chi connectivity index (χ1n) is 6.03. The standard InChI is InChI=1S/C12H22O5/c1-3-5-7-12(11(15)16,9-10(13)14)17-8-6-4-2/h3-9H2,1-2H3,(H,13,14)(H,15,16)/p-2. The van der Waals surface area contributed by atoms with Crippen LogP contribution in [-0.2, 0) is 14.3 Å². The summed E-state index contributed by atoms with van der Waals surface area (Å²) in [5.74, 6) is -2.90. The highest BCUT2D eigenvalue weighted by Crippen LogP contribution is 2.23. The molecule has 0 bridgehead atoms. The van der Waals surface area contributed by atoms with E-state index in [1.54, 1.807) is 0 Å². The van der Waals surface area contributed by atoms with Gasteiger partial charge in [0.2, 0.25) is 0 Å². The molecule has 1 atom stereocenters. The van der Waals surface area contributed by atoms with Crippen molar-refractivity contribution in [2.45, 2.75) is 58.0 Å². The third-order valence-corrected chi connectivity index (χ3v) is 2.61. The summed E-state index contributed by atoms with van der Waals surface area (Å²) in [5.41, 5.74) is -1.73. The summed E-state index contributed by atoms with van der Waals surface area (Å²) in [6, 6.07) is 0. The van der Waals surface area contributed by atoms with Crippen molar-refractivity contribution in [1.29, 1.82) is 0 Å². The second-order valence-corrected chi connectivity index (χ2v) is 4.14. The summed E-state index contributed by atoms with van der Waals surface area (Å²) in [7, 11) is 0. The molecule has 5 nitrogen and oxygen atoms in total. The molecular formula is C12H20O5-2. The maximum atomic E-state index is 11.1. The number of rotatable bonds is 10. The lowest BCUT2D eigenvalue weighted by atomic mass is 9.92. The van der Waals surface area contributed by atoms with Crippen LogP contribution in [0.1, 0.15) is 52.4 Å². The topological polar surface area (TPSA) is 89.5 Å². The molecule has 17 heavy (non-hydrogen) atoms. The number of aliphatic carboxylic acids is 2. The van der Waals surface area contributed by atoms with E-state index < -0.39 is 24.0 Å². The maximum absolute atomic E-state index is 11.1. The third-order valence-electron chi connectivity index (χ3n) is 2.61. The fourth-order valence-corrected chi connectivity index (χ4v) is 1.55. The summed E-state index contributed by atoms with van der Waals surface area (Å²) < 4.78 is 5.26. The molecule has 0 heterocycles. The SMILES string of the molecule is CCCCOC(CCCC)(CC(=O)[O-])C(=O)[O-]. The molecule has 5 heteroatoms. The Labute approximate surface area is 102 Å². The molecule has 0 saturated heterocycles. The molecule has 1 unspecified atom stereocenters. The van der Waals surface area contributed by atoms with E-state index in [1.165, 1.54) is 0 Å². The van der Waals surface area contributed by atoms with Crippen molar-refractivity contribution in [1.82, 2.24) is 0 Å². The minimum atomic E-state index is -1.73. The van der Waals surface area contributed by atoms with E-state index in [2.05, 4.69) is 0 Å². The first-order chi connectivity index (χ1) is 7.98. The third kappa shape index (κ3) is 5.68. The Morgan fingerprint density at radius 3 is 2.12 bits per heavy atom. The minimum absolute atomic E-state index is 0.142. The van der Waals surface area contributed by atoms with Gasteiger partial charge in [0.05, 0.1) is 5.97 Å². The van der Waals surface area contributed by atoms with Crippen LogP contribution in [0.4, 0.5) is 0 Å². The number of carboxylic acids is 2. The van der Waals surface area contributed by atoms with E-state index >= 15 is 0 Å². The number of carboxylic acid groups (broad SMARTS) is 2. The van der Waals surface area contributed by atoms with Crippen LogP contribution < -0.4 is 10.2 Å².